The maximum Gasteiger partial charge on any atom is 0.166 e. The van der Waals surface area contributed by atoms with Crippen LogP contribution in [-0.4, -0.2) is 30.3 Å². The van der Waals surface area contributed by atoms with Crippen LogP contribution in [0.15, 0.2) is 24.3 Å². The van der Waals surface area contributed by atoms with Crippen molar-refractivity contribution in [2.45, 2.75) is 51.4 Å². The predicted molar refractivity (Wildman–Crippen MR) is 94.1 cm³/mol. The Morgan fingerprint density at radius 1 is 1.09 bits per heavy atom. The summed E-state index contributed by atoms with van der Waals surface area (Å²) in [4.78, 5) is 15.1. The lowest BCUT2D eigenvalue weighted by atomic mass is 9.97. The molecule has 0 amide bonds. The van der Waals surface area contributed by atoms with Crippen molar-refractivity contribution in [2.24, 2.45) is 5.92 Å². The maximum atomic E-state index is 12.6. The van der Waals surface area contributed by atoms with E-state index in [0.29, 0.717) is 5.78 Å². The fourth-order valence-corrected chi connectivity index (χ4v) is 3.41. The van der Waals surface area contributed by atoms with Crippen LogP contribution in [0.3, 0.4) is 0 Å². The Balaban J connectivity index is 0.00000176. The highest BCUT2D eigenvalue weighted by Crippen LogP contribution is 2.39. The Morgan fingerprint density at radius 2 is 1.68 bits per heavy atom. The molecule has 1 unspecified atom stereocenters. The molecule has 1 aromatic carbocycles. The van der Waals surface area contributed by atoms with E-state index < -0.39 is 0 Å². The van der Waals surface area contributed by atoms with Crippen molar-refractivity contribution in [3.63, 3.8) is 0 Å². The SMILES string of the molecule is CC(CN1CCCCCC1)C(=O)c1ccc(C2CC2)cc1.Cl. The highest BCUT2D eigenvalue weighted by Gasteiger charge is 2.24. The van der Waals surface area contributed by atoms with Gasteiger partial charge in [0.2, 0.25) is 0 Å². The van der Waals surface area contributed by atoms with E-state index in [1.165, 1.54) is 44.1 Å². The summed E-state index contributed by atoms with van der Waals surface area (Å²) in [5, 5.41) is 0. The van der Waals surface area contributed by atoms with E-state index in [1.54, 1.807) is 0 Å². The summed E-state index contributed by atoms with van der Waals surface area (Å²) in [6.07, 6.45) is 7.91. The zero-order chi connectivity index (χ0) is 14.7. The average molecular weight is 322 g/mol. The molecule has 2 aliphatic rings. The molecule has 22 heavy (non-hydrogen) atoms. The molecule has 1 atom stereocenters. The van der Waals surface area contributed by atoms with Crippen LogP contribution < -0.4 is 0 Å². The van der Waals surface area contributed by atoms with E-state index >= 15 is 0 Å². The summed E-state index contributed by atoms with van der Waals surface area (Å²) in [6, 6.07) is 8.39. The fourth-order valence-electron chi connectivity index (χ4n) is 3.41. The van der Waals surface area contributed by atoms with E-state index in [2.05, 4.69) is 24.0 Å². The minimum atomic E-state index is 0. The molecule has 1 saturated carbocycles. The molecule has 1 aromatic rings. The highest BCUT2D eigenvalue weighted by atomic mass is 35.5. The number of rotatable bonds is 5. The molecule has 0 N–H and O–H groups in total. The summed E-state index contributed by atoms with van der Waals surface area (Å²) < 4.78 is 0. The Bertz CT molecular complexity index is 473. The molecule has 0 radical (unpaired) electrons. The molecule has 122 valence electrons. The summed E-state index contributed by atoms with van der Waals surface area (Å²) >= 11 is 0. The van der Waals surface area contributed by atoms with E-state index in [0.717, 1.165) is 31.1 Å². The van der Waals surface area contributed by atoms with Gasteiger partial charge in [0.1, 0.15) is 0 Å². The monoisotopic (exact) mass is 321 g/mol. The van der Waals surface area contributed by atoms with Crippen LogP contribution in [0.5, 0.6) is 0 Å². The van der Waals surface area contributed by atoms with Gasteiger partial charge in [0.15, 0.2) is 5.78 Å². The normalized spacial score (nSPS) is 20.8. The molecule has 0 aromatic heterocycles. The minimum absolute atomic E-state index is 0. The molecule has 2 nitrogen and oxygen atoms in total. The summed E-state index contributed by atoms with van der Waals surface area (Å²) in [5.41, 5.74) is 2.30. The van der Waals surface area contributed by atoms with Gasteiger partial charge in [0.05, 0.1) is 0 Å². The lowest BCUT2D eigenvalue weighted by Gasteiger charge is -2.23. The minimum Gasteiger partial charge on any atom is -0.303 e. The van der Waals surface area contributed by atoms with Crippen LogP contribution >= 0.6 is 12.4 Å². The van der Waals surface area contributed by atoms with E-state index in [9.17, 15) is 4.79 Å². The summed E-state index contributed by atoms with van der Waals surface area (Å²) in [7, 11) is 0. The first-order chi connectivity index (χ1) is 10.2. The number of hydrogen-bond donors (Lipinski definition) is 0. The average Bonchev–Trinajstić information content (AvgIpc) is 3.34. The lowest BCUT2D eigenvalue weighted by Crippen LogP contribution is -2.32. The molecule has 1 aliphatic carbocycles. The van der Waals surface area contributed by atoms with Crippen molar-refractivity contribution in [3.05, 3.63) is 35.4 Å². The van der Waals surface area contributed by atoms with E-state index in [4.69, 9.17) is 0 Å². The van der Waals surface area contributed by atoms with Crippen molar-refractivity contribution >= 4 is 18.2 Å². The van der Waals surface area contributed by atoms with Crippen molar-refractivity contribution < 1.29 is 4.79 Å². The van der Waals surface area contributed by atoms with Gasteiger partial charge >= 0.3 is 0 Å². The van der Waals surface area contributed by atoms with Gasteiger partial charge in [-0.2, -0.15) is 0 Å². The summed E-state index contributed by atoms with van der Waals surface area (Å²) in [5.74, 6) is 1.18. The Hall–Kier alpha value is -0.860. The Kier molecular flexibility index (Phi) is 6.46. The largest absolute Gasteiger partial charge is 0.303 e. The molecule has 1 aliphatic heterocycles. The topological polar surface area (TPSA) is 20.3 Å². The van der Waals surface area contributed by atoms with Crippen molar-refractivity contribution in [2.75, 3.05) is 19.6 Å². The number of carbonyl (C=O) groups excluding carboxylic acids is 1. The quantitative estimate of drug-likeness (QED) is 0.734. The third-order valence-electron chi connectivity index (χ3n) is 4.92. The van der Waals surface area contributed by atoms with Gasteiger partial charge in [0.25, 0.3) is 0 Å². The summed E-state index contributed by atoms with van der Waals surface area (Å²) in [6.45, 7) is 5.34. The number of nitrogens with zero attached hydrogens (tertiary/aromatic N) is 1. The number of Topliss-reactive ketones (excluding diaryl/α,β-unsaturated/α-hetero) is 1. The van der Waals surface area contributed by atoms with Crippen LogP contribution in [0.2, 0.25) is 0 Å². The van der Waals surface area contributed by atoms with Gasteiger partial charge in [-0.25, -0.2) is 0 Å². The molecule has 3 rings (SSSR count). The van der Waals surface area contributed by atoms with Gasteiger partial charge in [-0.05, 0) is 50.3 Å². The van der Waals surface area contributed by atoms with E-state index in [-0.39, 0.29) is 18.3 Å². The molecule has 0 spiro atoms. The van der Waals surface area contributed by atoms with Crippen LogP contribution in [0.25, 0.3) is 0 Å². The molecule has 1 saturated heterocycles. The molecule has 0 bridgehead atoms. The number of hydrogen-bond acceptors (Lipinski definition) is 2. The standard InChI is InChI=1S/C19H27NO.ClH/c1-15(14-20-12-4-2-3-5-13-20)19(21)18-10-8-17(9-11-18)16-6-7-16;/h8-11,15-16H,2-7,12-14H2,1H3;1H. The van der Waals surface area contributed by atoms with Crippen molar-refractivity contribution in [3.8, 4) is 0 Å². The second-order valence-corrected chi connectivity index (χ2v) is 6.88. The van der Waals surface area contributed by atoms with E-state index in [1.807, 2.05) is 12.1 Å². The van der Waals surface area contributed by atoms with Crippen LogP contribution in [0.1, 0.15) is 67.3 Å². The molecular formula is C19H28ClNO. The third kappa shape index (κ3) is 4.57. The number of carbonyl (C=O) groups is 1. The van der Waals surface area contributed by atoms with Gasteiger partial charge < -0.3 is 4.90 Å². The van der Waals surface area contributed by atoms with Gasteiger partial charge in [-0.15, -0.1) is 12.4 Å². The predicted octanol–water partition coefficient (Wildman–Crippen LogP) is 4.68. The van der Waals surface area contributed by atoms with Gasteiger partial charge in [-0.3, -0.25) is 4.79 Å². The second-order valence-electron chi connectivity index (χ2n) is 6.88. The van der Waals surface area contributed by atoms with Crippen molar-refractivity contribution in [1.82, 2.24) is 4.90 Å². The number of ketones is 1. The molecule has 3 heteroatoms. The van der Waals surface area contributed by atoms with Crippen LogP contribution in [0.4, 0.5) is 0 Å². The van der Waals surface area contributed by atoms with Gasteiger partial charge in [0, 0.05) is 18.0 Å². The lowest BCUT2D eigenvalue weighted by molar-refractivity contribution is 0.0895. The van der Waals surface area contributed by atoms with Gasteiger partial charge in [-0.1, -0.05) is 44.0 Å². The second kappa shape index (κ2) is 8.12. The Labute approximate surface area is 140 Å². The smallest absolute Gasteiger partial charge is 0.166 e. The number of likely N-dealkylation sites (tertiary alicyclic amines) is 1. The Morgan fingerprint density at radius 3 is 2.23 bits per heavy atom. The first-order valence-electron chi connectivity index (χ1n) is 8.60. The fraction of sp³-hybridized carbons (Fsp3) is 0.632. The first kappa shape index (κ1) is 17.5. The zero-order valence-electron chi connectivity index (χ0n) is 13.6. The van der Waals surface area contributed by atoms with Crippen LogP contribution in [-0.2, 0) is 0 Å². The van der Waals surface area contributed by atoms with Crippen molar-refractivity contribution in [1.29, 1.82) is 0 Å². The number of benzene rings is 1. The third-order valence-corrected chi connectivity index (χ3v) is 4.92. The first-order valence-corrected chi connectivity index (χ1v) is 8.60. The maximum absolute atomic E-state index is 12.6. The highest BCUT2D eigenvalue weighted by molar-refractivity contribution is 5.97. The molecule has 2 fully saturated rings. The van der Waals surface area contributed by atoms with Crippen LogP contribution in [0, 0.1) is 5.92 Å². The molecule has 1 heterocycles. The molecular weight excluding hydrogens is 294 g/mol. The zero-order valence-corrected chi connectivity index (χ0v) is 14.4. The number of halogens is 1.